The van der Waals surface area contributed by atoms with Crippen LogP contribution in [0.5, 0.6) is 0 Å². The molecule has 1 saturated heterocycles. The van der Waals surface area contributed by atoms with E-state index in [1.807, 2.05) is 0 Å². The Balaban J connectivity index is 1.79. The molecule has 0 amide bonds. The highest BCUT2D eigenvalue weighted by molar-refractivity contribution is 7.99. The molecule has 1 aromatic heterocycles. The summed E-state index contributed by atoms with van der Waals surface area (Å²) in [5, 5.41) is 0.876. The standard InChI is InChI=1S/C11H15N3O2S/c15-10-7-9(8-13-1-4-16-5-2-13)12-11-14(10)3-6-17-11/h7H,1-6,8H2. The highest BCUT2D eigenvalue weighted by Gasteiger charge is 2.17. The van der Waals surface area contributed by atoms with Gasteiger partial charge in [0.1, 0.15) is 0 Å². The van der Waals surface area contributed by atoms with Gasteiger partial charge in [-0.25, -0.2) is 4.98 Å². The summed E-state index contributed by atoms with van der Waals surface area (Å²) in [6.07, 6.45) is 0. The topological polar surface area (TPSA) is 47.4 Å². The van der Waals surface area contributed by atoms with Gasteiger partial charge in [0.2, 0.25) is 0 Å². The van der Waals surface area contributed by atoms with Crippen LogP contribution in [0.2, 0.25) is 0 Å². The Bertz CT molecular complexity index is 468. The Hall–Kier alpha value is -0.850. The number of ether oxygens (including phenoxy) is 1. The summed E-state index contributed by atoms with van der Waals surface area (Å²) in [4.78, 5) is 18.7. The predicted octanol–water partition coefficient (Wildman–Crippen LogP) is 0.181. The molecular weight excluding hydrogens is 238 g/mol. The summed E-state index contributed by atoms with van der Waals surface area (Å²) >= 11 is 1.67. The lowest BCUT2D eigenvalue weighted by molar-refractivity contribution is 0.0335. The van der Waals surface area contributed by atoms with Gasteiger partial charge in [0.15, 0.2) is 5.16 Å². The third kappa shape index (κ3) is 2.38. The van der Waals surface area contributed by atoms with E-state index in [-0.39, 0.29) is 5.56 Å². The quantitative estimate of drug-likeness (QED) is 0.704. The van der Waals surface area contributed by atoms with Crippen molar-refractivity contribution in [3.05, 3.63) is 22.1 Å². The van der Waals surface area contributed by atoms with E-state index in [0.717, 1.165) is 56.0 Å². The van der Waals surface area contributed by atoms with Crippen LogP contribution in [0.4, 0.5) is 0 Å². The van der Waals surface area contributed by atoms with Crippen molar-refractivity contribution in [2.24, 2.45) is 0 Å². The van der Waals surface area contributed by atoms with Crippen LogP contribution in [0.1, 0.15) is 5.69 Å². The van der Waals surface area contributed by atoms with E-state index in [1.165, 1.54) is 0 Å². The fourth-order valence-corrected chi connectivity index (χ4v) is 3.12. The normalized spacial score (nSPS) is 20.5. The van der Waals surface area contributed by atoms with Crippen LogP contribution in [0.3, 0.4) is 0 Å². The maximum atomic E-state index is 11.8. The van der Waals surface area contributed by atoms with E-state index in [4.69, 9.17) is 4.74 Å². The Morgan fingerprint density at radius 1 is 1.35 bits per heavy atom. The van der Waals surface area contributed by atoms with Gasteiger partial charge in [-0.15, -0.1) is 0 Å². The lowest BCUT2D eigenvalue weighted by atomic mass is 10.3. The fraction of sp³-hybridized carbons (Fsp3) is 0.636. The van der Waals surface area contributed by atoms with E-state index in [1.54, 1.807) is 22.4 Å². The first-order valence-electron chi connectivity index (χ1n) is 5.86. The molecule has 0 saturated carbocycles. The molecule has 0 atom stereocenters. The number of morpholine rings is 1. The second-order valence-electron chi connectivity index (χ2n) is 4.26. The van der Waals surface area contributed by atoms with Gasteiger partial charge in [-0.1, -0.05) is 11.8 Å². The Morgan fingerprint density at radius 3 is 3.00 bits per heavy atom. The van der Waals surface area contributed by atoms with Gasteiger partial charge in [0.05, 0.1) is 18.9 Å². The molecule has 0 bridgehead atoms. The van der Waals surface area contributed by atoms with E-state index in [0.29, 0.717) is 0 Å². The third-order valence-corrected chi connectivity index (χ3v) is 4.02. The minimum absolute atomic E-state index is 0.0864. The zero-order valence-electron chi connectivity index (χ0n) is 9.59. The second kappa shape index (κ2) is 4.80. The van der Waals surface area contributed by atoms with Crippen molar-refractivity contribution in [1.82, 2.24) is 14.5 Å². The molecule has 2 aliphatic rings. The summed E-state index contributed by atoms with van der Waals surface area (Å²) in [5.74, 6) is 0.962. The Kier molecular flexibility index (Phi) is 3.17. The molecule has 5 nitrogen and oxygen atoms in total. The summed E-state index contributed by atoms with van der Waals surface area (Å²) in [6, 6.07) is 1.67. The number of nitrogens with zero attached hydrogens (tertiary/aromatic N) is 3. The average molecular weight is 253 g/mol. The van der Waals surface area contributed by atoms with Crippen LogP contribution in [0.25, 0.3) is 0 Å². The van der Waals surface area contributed by atoms with E-state index in [2.05, 4.69) is 9.88 Å². The summed E-state index contributed by atoms with van der Waals surface area (Å²) in [7, 11) is 0. The molecule has 0 spiro atoms. The molecule has 0 unspecified atom stereocenters. The molecule has 1 fully saturated rings. The maximum absolute atomic E-state index is 11.8. The van der Waals surface area contributed by atoms with Crippen molar-refractivity contribution in [2.75, 3.05) is 32.1 Å². The minimum atomic E-state index is 0.0864. The number of rotatable bonds is 2. The highest BCUT2D eigenvalue weighted by atomic mass is 32.2. The highest BCUT2D eigenvalue weighted by Crippen LogP contribution is 2.21. The molecule has 0 radical (unpaired) electrons. The lowest BCUT2D eigenvalue weighted by Crippen LogP contribution is -2.36. The van der Waals surface area contributed by atoms with E-state index >= 15 is 0 Å². The first-order valence-corrected chi connectivity index (χ1v) is 6.85. The number of thioether (sulfide) groups is 1. The van der Waals surface area contributed by atoms with E-state index in [9.17, 15) is 4.79 Å². The van der Waals surface area contributed by atoms with Gasteiger partial charge in [-0.3, -0.25) is 14.3 Å². The maximum Gasteiger partial charge on any atom is 0.254 e. The van der Waals surface area contributed by atoms with Gasteiger partial charge in [-0.05, 0) is 0 Å². The molecule has 3 rings (SSSR count). The molecule has 3 heterocycles. The second-order valence-corrected chi connectivity index (χ2v) is 5.32. The van der Waals surface area contributed by atoms with Crippen LogP contribution >= 0.6 is 11.8 Å². The lowest BCUT2D eigenvalue weighted by Gasteiger charge is -2.26. The van der Waals surface area contributed by atoms with Gasteiger partial charge in [-0.2, -0.15) is 0 Å². The molecule has 0 aromatic carbocycles. The Morgan fingerprint density at radius 2 is 2.18 bits per heavy atom. The molecule has 2 aliphatic heterocycles. The van der Waals surface area contributed by atoms with Crippen molar-refractivity contribution >= 4 is 11.8 Å². The van der Waals surface area contributed by atoms with Crippen molar-refractivity contribution in [1.29, 1.82) is 0 Å². The number of hydrogen-bond acceptors (Lipinski definition) is 5. The summed E-state index contributed by atoms with van der Waals surface area (Å²) in [6.45, 7) is 4.95. The molecule has 1 aromatic rings. The molecule has 0 aliphatic carbocycles. The molecule has 17 heavy (non-hydrogen) atoms. The fourth-order valence-electron chi connectivity index (χ4n) is 2.14. The van der Waals surface area contributed by atoms with Gasteiger partial charge >= 0.3 is 0 Å². The number of aromatic nitrogens is 2. The van der Waals surface area contributed by atoms with Gasteiger partial charge in [0.25, 0.3) is 5.56 Å². The summed E-state index contributed by atoms with van der Waals surface area (Å²) < 4.78 is 7.06. The SMILES string of the molecule is O=c1cc(CN2CCOCC2)nc2n1CCS2. The molecule has 6 heteroatoms. The molecular formula is C11H15N3O2S. The number of fused-ring (bicyclic) bond motifs is 1. The number of hydrogen-bond donors (Lipinski definition) is 0. The zero-order chi connectivity index (χ0) is 11.7. The smallest absolute Gasteiger partial charge is 0.254 e. The zero-order valence-corrected chi connectivity index (χ0v) is 10.4. The minimum Gasteiger partial charge on any atom is -0.379 e. The van der Waals surface area contributed by atoms with Crippen LogP contribution in [-0.4, -0.2) is 46.5 Å². The first-order chi connectivity index (χ1) is 8.33. The third-order valence-electron chi connectivity index (χ3n) is 3.06. The van der Waals surface area contributed by atoms with Crippen LogP contribution in [0.15, 0.2) is 16.0 Å². The van der Waals surface area contributed by atoms with Crippen LogP contribution < -0.4 is 5.56 Å². The van der Waals surface area contributed by atoms with Gasteiger partial charge < -0.3 is 4.74 Å². The van der Waals surface area contributed by atoms with E-state index < -0.39 is 0 Å². The van der Waals surface area contributed by atoms with Gasteiger partial charge in [0, 0.05) is 38.0 Å². The van der Waals surface area contributed by atoms with Crippen molar-refractivity contribution in [3.8, 4) is 0 Å². The summed E-state index contributed by atoms with van der Waals surface area (Å²) in [5.41, 5.74) is 0.973. The average Bonchev–Trinajstić information content (AvgIpc) is 2.79. The van der Waals surface area contributed by atoms with Crippen molar-refractivity contribution in [3.63, 3.8) is 0 Å². The van der Waals surface area contributed by atoms with Crippen LogP contribution in [0, 0.1) is 0 Å². The Labute approximate surface area is 104 Å². The van der Waals surface area contributed by atoms with Crippen molar-refractivity contribution in [2.45, 2.75) is 18.2 Å². The molecule has 92 valence electrons. The monoisotopic (exact) mass is 253 g/mol. The van der Waals surface area contributed by atoms with Crippen molar-refractivity contribution < 1.29 is 4.74 Å². The largest absolute Gasteiger partial charge is 0.379 e. The predicted molar refractivity (Wildman–Crippen MR) is 65.3 cm³/mol. The van der Waals surface area contributed by atoms with Crippen LogP contribution in [-0.2, 0) is 17.8 Å². The first kappa shape index (κ1) is 11.3. The molecule has 0 N–H and O–H groups in total.